The van der Waals surface area contributed by atoms with E-state index in [1.165, 1.54) is 11.1 Å². The topological polar surface area (TPSA) is 62.7 Å². The highest BCUT2D eigenvalue weighted by Crippen LogP contribution is 2.30. The number of morpholine rings is 1. The van der Waals surface area contributed by atoms with E-state index in [-0.39, 0.29) is 31.8 Å². The van der Waals surface area contributed by atoms with Gasteiger partial charge in [0.15, 0.2) is 5.67 Å². The Hall–Kier alpha value is -2.02. The maximum atomic E-state index is 15.1. The molecule has 3 rings (SSSR count). The van der Waals surface area contributed by atoms with E-state index in [1.807, 2.05) is 6.92 Å². The first-order valence-electron chi connectivity index (χ1n) is 8.27. The number of carbonyl (C=O) groups excluding carboxylic acids is 2. The summed E-state index contributed by atoms with van der Waals surface area (Å²) < 4.78 is 20.3. The zero-order valence-electron chi connectivity index (χ0n) is 13.8. The number of hydrogen-bond acceptors (Lipinski definition) is 4. The predicted octanol–water partition coefficient (Wildman–Crippen LogP) is 1.19. The number of halogens is 1. The number of hydrogen-bond donors (Lipinski definition) is 0. The molecule has 0 unspecified atom stereocenters. The van der Waals surface area contributed by atoms with Gasteiger partial charge in [-0.3, -0.25) is 14.6 Å². The summed E-state index contributed by atoms with van der Waals surface area (Å²) in [5.41, 5.74) is -0.546. The molecular weight excluding hydrogens is 313 g/mol. The Morgan fingerprint density at radius 2 is 1.79 bits per heavy atom. The van der Waals surface area contributed by atoms with Crippen molar-refractivity contribution in [2.75, 3.05) is 39.4 Å². The Labute approximate surface area is 140 Å². The molecule has 0 aliphatic carbocycles. The zero-order chi connectivity index (χ0) is 17.2. The quantitative estimate of drug-likeness (QED) is 0.815. The minimum absolute atomic E-state index is 0.0359. The molecule has 3 heterocycles. The number of rotatable bonds is 2. The summed E-state index contributed by atoms with van der Waals surface area (Å²) in [6.45, 7) is 4.09. The first-order valence-corrected chi connectivity index (χ1v) is 8.27. The summed E-state index contributed by atoms with van der Waals surface area (Å²) in [7, 11) is 0. The second-order valence-corrected chi connectivity index (χ2v) is 6.35. The molecule has 0 radical (unpaired) electrons. The molecule has 2 amide bonds. The van der Waals surface area contributed by atoms with Gasteiger partial charge in [-0.15, -0.1) is 0 Å². The largest absolute Gasteiger partial charge is 0.378 e. The molecule has 1 aromatic heterocycles. The van der Waals surface area contributed by atoms with Crippen molar-refractivity contribution >= 4 is 11.8 Å². The molecule has 1 aromatic rings. The monoisotopic (exact) mass is 335 g/mol. The van der Waals surface area contributed by atoms with Crippen LogP contribution in [0, 0.1) is 6.92 Å². The van der Waals surface area contributed by atoms with Crippen molar-refractivity contribution in [3.8, 4) is 0 Å². The number of carbonyl (C=O) groups is 2. The highest BCUT2D eigenvalue weighted by molar-refractivity contribution is 5.94. The Kier molecular flexibility index (Phi) is 4.80. The number of likely N-dealkylation sites (tertiary alicyclic amines) is 1. The number of pyridine rings is 1. The van der Waals surface area contributed by atoms with Gasteiger partial charge in [-0.2, -0.15) is 0 Å². The molecular formula is C17H22FN3O3. The van der Waals surface area contributed by atoms with Crippen LogP contribution in [0.1, 0.15) is 28.9 Å². The van der Waals surface area contributed by atoms with E-state index >= 15 is 4.39 Å². The molecule has 2 aliphatic rings. The summed E-state index contributed by atoms with van der Waals surface area (Å²) in [4.78, 5) is 32.1. The Morgan fingerprint density at radius 3 is 2.38 bits per heavy atom. The first-order chi connectivity index (χ1) is 11.5. The number of aromatic nitrogens is 1. The summed E-state index contributed by atoms with van der Waals surface area (Å²) in [5, 5.41) is 0. The maximum absolute atomic E-state index is 15.1. The highest BCUT2D eigenvalue weighted by Gasteiger charge is 2.45. The van der Waals surface area contributed by atoms with Crippen molar-refractivity contribution < 1.29 is 18.7 Å². The van der Waals surface area contributed by atoms with Crippen molar-refractivity contribution in [1.29, 1.82) is 0 Å². The molecule has 0 aromatic carbocycles. The standard InChI is InChI=1S/C17H22FN3O3/c1-13-2-3-14(12-19-13)15(22)20-6-4-17(18,5-7-20)16(23)21-8-10-24-11-9-21/h2-3,12H,4-11H2,1H3. The molecule has 0 bridgehead atoms. The van der Waals surface area contributed by atoms with E-state index in [0.717, 1.165) is 5.69 Å². The fraction of sp³-hybridized carbons (Fsp3) is 0.588. The Balaban J connectivity index is 1.61. The van der Waals surface area contributed by atoms with Gasteiger partial charge in [0, 0.05) is 50.9 Å². The lowest BCUT2D eigenvalue weighted by atomic mass is 9.91. The van der Waals surface area contributed by atoms with E-state index in [1.54, 1.807) is 17.0 Å². The van der Waals surface area contributed by atoms with Crippen LogP contribution in [-0.2, 0) is 9.53 Å². The first kappa shape index (κ1) is 16.8. The van der Waals surface area contributed by atoms with Crippen LogP contribution in [0.25, 0.3) is 0 Å². The van der Waals surface area contributed by atoms with Gasteiger partial charge in [-0.05, 0) is 19.1 Å². The molecule has 0 spiro atoms. The van der Waals surface area contributed by atoms with Crippen molar-refractivity contribution in [1.82, 2.24) is 14.8 Å². The lowest BCUT2D eigenvalue weighted by Crippen LogP contribution is -2.55. The minimum Gasteiger partial charge on any atom is -0.378 e. The average Bonchev–Trinajstić information content (AvgIpc) is 2.62. The van der Waals surface area contributed by atoms with Crippen molar-refractivity contribution in [2.24, 2.45) is 0 Å². The second kappa shape index (κ2) is 6.84. The number of piperidine rings is 1. The van der Waals surface area contributed by atoms with Gasteiger partial charge in [-0.25, -0.2) is 4.39 Å². The van der Waals surface area contributed by atoms with Crippen molar-refractivity contribution in [3.63, 3.8) is 0 Å². The number of amides is 2. The molecule has 6 nitrogen and oxygen atoms in total. The van der Waals surface area contributed by atoms with E-state index in [2.05, 4.69) is 4.98 Å². The van der Waals surface area contributed by atoms with Gasteiger partial charge in [0.25, 0.3) is 11.8 Å². The third-order valence-corrected chi connectivity index (χ3v) is 4.68. The summed E-state index contributed by atoms with van der Waals surface area (Å²) in [6, 6.07) is 3.50. The maximum Gasteiger partial charge on any atom is 0.260 e. The Bertz CT molecular complexity index is 606. The number of alkyl halides is 1. The van der Waals surface area contributed by atoms with Crippen LogP contribution in [0.4, 0.5) is 4.39 Å². The van der Waals surface area contributed by atoms with Gasteiger partial charge in [-0.1, -0.05) is 0 Å². The van der Waals surface area contributed by atoms with E-state index in [4.69, 9.17) is 4.74 Å². The SMILES string of the molecule is Cc1ccc(C(=O)N2CCC(F)(C(=O)N3CCOCC3)CC2)cn1. The van der Waals surface area contributed by atoms with Crippen LogP contribution >= 0.6 is 0 Å². The summed E-state index contributed by atoms with van der Waals surface area (Å²) >= 11 is 0. The second-order valence-electron chi connectivity index (χ2n) is 6.35. The van der Waals surface area contributed by atoms with E-state index < -0.39 is 11.6 Å². The molecule has 24 heavy (non-hydrogen) atoms. The number of ether oxygens (including phenoxy) is 1. The van der Waals surface area contributed by atoms with Gasteiger partial charge < -0.3 is 14.5 Å². The van der Waals surface area contributed by atoms with Crippen LogP contribution < -0.4 is 0 Å². The number of nitrogens with zero attached hydrogens (tertiary/aromatic N) is 3. The highest BCUT2D eigenvalue weighted by atomic mass is 19.1. The minimum atomic E-state index is -1.88. The molecule has 7 heteroatoms. The molecule has 0 atom stereocenters. The van der Waals surface area contributed by atoms with Gasteiger partial charge >= 0.3 is 0 Å². The summed E-state index contributed by atoms with van der Waals surface area (Å²) in [6.07, 6.45) is 1.61. The number of aryl methyl sites for hydroxylation is 1. The third-order valence-electron chi connectivity index (χ3n) is 4.68. The van der Waals surface area contributed by atoms with E-state index in [0.29, 0.717) is 31.9 Å². The molecule has 2 aliphatic heterocycles. The van der Waals surface area contributed by atoms with Crippen LogP contribution in [0.2, 0.25) is 0 Å². The van der Waals surface area contributed by atoms with Crippen LogP contribution in [0.15, 0.2) is 18.3 Å². The molecule has 0 N–H and O–H groups in total. The van der Waals surface area contributed by atoms with Crippen LogP contribution in [0.3, 0.4) is 0 Å². The van der Waals surface area contributed by atoms with Crippen LogP contribution in [-0.4, -0.2) is 71.7 Å². The molecule has 2 saturated heterocycles. The molecule has 0 saturated carbocycles. The van der Waals surface area contributed by atoms with Gasteiger partial charge in [0.05, 0.1) is 18.8 Å². The zero-order valence-corrected chi connectivity index (χ0v) is 13.8. The lowest BCUT2D eigenvalue weighted by Gasteiger charge is -2.39. The predicted molar refractivity (Wildman–Crippen MR) is 85.3 cm³/mol. The average molecular weight is 335 g/mol. The van der Waals surface area contributed by atoms with E-state index in [9.17, 15) is 9.59 Å². The fourth-order valence-corrected chi connectivity index (χ4v) is 3.10. The van der Waals surface area contributed by atoms with Gasteiger partial charge in [0.1, 0.15) is 0 Å². The van der Waals surface area contributed by atoms with Crippen LogP contribution in [0.5, 0.6) is 0 Å². The smallest absolute Gasteiger partial charge is 0.260 e. The van der Waals surface area contributed by atoms with Crippen molar-refractivity contribution in [3.05, 3.63) is 29.6 Å². The molecule has 2 fully saturated rings. The molecule has 130 valence electrons. The fourth-order valence-electron chi connectivity index (χ4n) is 3.10. The Morgan fingerprint density at radius 1 is 1.12 bits per heavy atom. The van der Waals surface area contributed by atoms with Crippen molar-refractivity contribution in [2.45, 2.75) is 25.4 Å². The summed E-state index contributed by atoms with van der Waals surface area (Å²) in [5.74, 6) is -0.627. The normalized spacial score (nSPS) is 20.8. The third kappa shape index (κ3) is 3.40. The lowest BCUT2D eigenvalue weighted by molar-refractivity contribution is -0.151. The van der Waals surface area contributed by atoms with Gasteiger partial charge in [0.2, 0.25) is 0 Å².